The number of hydrogen-bond acceptors (Lipinski definition) is 5. The maximum atomic E-state index is 10.7. The van der Waals surface area contributed by atoms with Crippen molar-refractivity contribution in [1.29, 1.82) is 0 Å². The first kappa shape index (κ1) is 9.53. The number of nitro groups is 2. The Morgan fingerprint density at radius 3 is 2.33 bits per heavy atom. The van der Waals surface area contributed by atoms with Crippen molar-refractivity contribution >= 4 is 32.1 Å². The molecule has 1 heterocycles. The van der Waals surface area contributed by atoms with Crippen LogP contribution >= 0.6 is 11.3 Å². The van der Waals surface area contributed by atoms with Crippen LogP contribution in [0.15, 0.2) is 24.3 Å². The number of hydrogen-bond donors (Lipinski definition) is 0. The summed E-state index contributed by atoms with van der Waals surface area (Å²) in [4.78, 5) is 19.9. The highest BCUT2D eigenvalue weighted by Crippen LogP contribution is 2.42. The topological polar surface area (TPSA) is 86.3 Å². The number of fused-ring (bicyclic) bond motifs is 1. The Balaban J connectivity index is 2.86. The molecule has 0 saturated heterocycles. The average Bonchev–Trinajstić information content (AvgIpc) is 2.56. The molecule has 0 unspecified atom stereocenters. The van der Waals surface area contributed by atoms with E-state index in [1.165, 1.54) is 6.07 Å². The molecule has 0 amide bonds. The standard InChI is InChI=1S/C8H4N2O4S/c11-9(12)7-5-3-1-2-4-6(5)15-8(7)10(13)14/h1-4H. The summed E-state index contributed by atoms with van der Waals surface area (Å²) in [7, 11) is 0. The van der Waals surface area contributed by atoms with E-state index < -0.39 is 20.5 Å². The molecule has 0 N–H and O–H groups in total. The van der Waals surface area contributed by atoms with Gasteiger partial charge in [0.2, 0.25) is 0 Å². The first-order valence-electron chi connectivity index (χ1n) is 3.91. The quantitative estimate of drug-likeness (QED) is 0.579. The molecule has 6 nitrogen and oxygen atoms in total. The summed E-state index contributed by atoms with van der Waals surface area (Å²) in [5, 5.41) is 21.2. The minimum atomic E-state index is -0.719. The Hall–Kier alpha value is -2.02. The van der Waals surface area contributed by atoms with Crippen molar-refractivity contribution in [2.24, 2.45) is 0 Å². The van der Waals surface area contributed by atoms with Crippen LogP contribution in [0.5, 0.6) is 0 Å². The molecule has 0 bridgehead atoms. The summed E-state index contributed by atoms with van der Waals surface area (Å²) >= 11 is 0.820. The van der Waals surface area contributed by atoms with Crippen molar-refractivity contribution in [3.05, 3.63) is 44.5 Å². The summed E-state index contributed by atoms with van der Waals surface area (Å²) in [5.74, 6) is 0. The highest BCUT2D eigenvalue weighted by molar-refractivity contribution is 7.22. The van der Waals surface area contributed by atoms with Crippen molar-refractivity contribution in [3.8, 4) is 0 Å². The largest absolute Gasteiger partial charge is 0.402 e. The van der Waals surface area contributed by atoms with Crippen LogP contribution in [0.1, 0.15) is 0 Å². The molecule has 0 fully saturated rings. The monoisotopic (exact) mass is 224 g/mol. The van der Waals surface area contributed by atoms with Gasteiger partial charge >= 0.3 is 10.7 Å². The van der Waals surface area contributed by atoms with E-state index in [0.717, 1.165) is 11.3 Å². The Labute approximate surface area is 87.1 Å². The van der Waals surface area contributed by atoms with Gasteiger partial charge in [-0.2, -0.15) is 0 Å². The first-order valence-corrected chi connectivity index (χ1v) is 4.73. The second kappa shape index (κ2) is 3.28. The van der Waals surface area contributed by atoms with Gasteiger partial charge in [-0.15, -0.1) is 0 Å². The lowest BCUT2D eigenvalue weighted by molar-refractivity contribution is -0.417. The van der Waals surface area contributed by atoms with E-state index in [0.29, 0.717) is 10.1 Å². The fourth-order valence-corrected chi connectivity index (χ4v) is 2.30. The molecular formula is C8H4N2O4S. The minimum Gasteiger partial charge on any atom is -0.258 e. The van der Waals surface area contributed by atoms with Gasteiger partial charge in [0, 0.05) is 4.70 Å². The zero-order valence-electron chi connectivity index (χ0n) is 7.25. The molecular weight excluding hydrogens is 220 g/mol. The highest BCUT2D eigenvalue weighted by atomic mass is 32.1. The molecule has 0 aliphatic heterocycles. The molecule has 2 aromatic rings. The van der Waals surface area contributed by atoms with Crippen LogP contribution in [0.3, 0.4) is 0 Å². The Bertz CT molecular complexity index is 563. The third-order valence-corrected chi connectivity index (χ3v) is 3.01. The zero-order chi connectivity index (χ0) is 11.0. The summed E-state index contributed by atoms with van der Waals surface area (Å²) in [6.45, 7) is 0. The van der Waals surface area contributed by atoms with Crippen molar-refractivity contribution in [3.63, 3.8) is 0 Å². The smallest absolute Gasteiger partial charge is 0.258 e. The van der Waals surface area contributed by atoms with Crippen molar-refractivity contribution in [2.75, 3.05) is 0 Å². The molecule has 0 aliphatic carbocycles. The van der Waals surface area contributed by atoms with Crippen molar-refractivity contribution < 1.29 is 9.85 Å². The van der Waals surface area contributed by atoms with Crippen LogP contribution in [0.25, 0.3) is 10.1 Å². The van der Waals surface area contributed by atoms with Gasteiger partial charge in [-0.05, 0) is 12.1 Å². The van der Waals surface area contributed by atoms with Gasteiger partial charge < -0.3 is 0 Å². The van der Waals surface area contributed by atoms with Gasteiger partial charge in [-0.25, -0.2) is 0 Å². The number of benzene rings is 1. The van der Waals surface area contributed by atoms with E-state index in [1.807, 2.05) is 0 Å². The van der Waals surface area contributed by atoms with Gasteiger partial charge in [-0.1, -0.05) is 23.5 Å². The van der Waals surface area contributed by atoms with Crippen molar-refractivity contribution in [2.45, 2.75) is 0 Å². The van der Waals surface area contributed by atoms with E-state index in [-0.39, 0.29) is 0 Å². The lowest BCUT2D eigenvalue weighted by Gasteiger charge is -1.87. The number of thiophene rings is 1. The predicted octanol–water partition coefficient (Wildman–Crippen LogP) is 2.72. The Morgan fingerprint density at radius 1 is 1.07 bits per heavy atom. The highest BCUT2D eigenvalue weighted by Gasteiger charge is 2.30. The summed E-state index contributed by atoms with van der Waals surface area (Å²) < 4.78 is 0.552. The van der Waals surface area contributed by atoms with Gasteiger partial charge in [0.1, 0.15) is 0 Å². The average molecular weight is 224 g/mol. The van der Waals surface area contributed by atoms with E-state index >= 15 is 0 Å². The molecule has 0 saturated carbocycles. The van der Waals surface area contributed by atoms with Crippen LogP contribution < -0.4 is 0 Å². The second-order valence-corrected chi connectivity index (χ2v) is 3.80. The van der Waals surface area contributed by atoms with Crippen LogP contribution in [-0.2, 0) is 0 Å². The molecule has 1 aromatic carbocycles. The third kappa shape index (κ3) is 1.42. The van der Waals surface area contributed by atoms with E-state index in [9.17, 15) is 20.2 Å². The van der Waals surface area contributed by atoms with E-state index in [4.69, 9.17) is 0 Å². The van der Waals surface area contributed by atoms with Gasteiger partial charge in [0.25, 0.3) is 0 Å². The van der Waals surface area contributed by atoms with Crippen LogP contribution in [0.4, 0.5) is 10.7 Å². The summed E-state index contributed by atoms with van der Waals surface area (Å²) in [6, 6.07) is 6.44. The lowest BCUT2D eigenvalue weighted by Crippen LogP contribution is -1.92. The van der Waals surface area contributed by atoms with Gasteiger partial charge in [0.15, 0.2) is 0 Å². The van der Waals surface area contributed by atoms with Gasteiger partial charge in [-0.3, -0.25) is 20.2 Å². The summed E-state index contributed by atoms with van der Waals surface area (Å²) in [6.07, 6.45) is 0. The minimum absolute atomic E-state index is 0.319. The molecule has 76 valence electrons. The number of nitrogens with zero attached hydrogens (tertiary/aromatic N) is 2. The fourth-order valence-electron chi connectivity index (χ4n) is 1.32. The first-order chi connectivity index (χ1) is 7.11. The van der Waals surface area contributed by atoms with E-state index in [2.05, 4.69) is 0 Å². The lowest BCUT2D eigenvalue weighted by atomic mass is 10.2. The molecule has 0 radical (unpaired) electrons. The molecule has 0 spiro atoms. The maximum absolute atomic E-state index is 10.7. The zero-order valence-corrected chi connectivity index (χ0v) is 8.06. The van der Waals surface area contributed by atoms with Crippen molar-refractivity contribution in [1.82, 2.24) is 0 Å². The second-order valence-electron chi connectivity index (χ2n) is 2.77. The molecule has 1 aromatic heterocycles. The Kier molecular flexibility index (Phi) is 2.09. The van der Waals surface area contributed by atoms with Crippen LogP contribution in [-0.4, -0.2) is 9.85 Å². The third-order valence-electron chi connectivity index (χ3n) is 1.90. The fraction of sp³-hybridized carbons (Fsp3) is 0. The Morgan fingerprint density at radius 2 is 1.73 bits per heavy atom. The molecule has 0 atom stereocenters. The van der Waals surface area contributed by atoms with Gasteiger partial charge in [0.05, 0.1) is 15.2 Å². The van der Waals surface area contributed by atoms with E-state index in [1.54, 1.807) is 18.2 Å². The SMILES string of the molecule is O=[N+]([O-])c1sc2ccccc2c1[N+](=O)[O-]. The predicted molar refractivity (Wildman–Crippen MR) is 55.1 cm³/mol. The molecule has 0 aliphatic rings. The summed E-state index contributed by atoms with van der Waals surface area (Å²) in [5.41, 5.74) is -0.416. The van der Waals surface area contributed by atoms with Crippen LogP contribution in [0, 0.1) is 20.2 Å². The normalized spacial score (nSPS) is 10.4. The maximum Gasteiger partial charge on any atom is 0.402 e. The molecule has 7 heteroatoms. The molecule has 15 heavy (non-hydrogen) atoms. The molecule has 2 rings (SSSR count). The number of rotatable bonds is 2. The van der Waals surface area contributed by atoms with Crippen LogP contribution in [0.2, 0.25) is 0 Å².